The molecule has 1 N–H and O–H groups in total. The Bertz CT molecular complexity index is 633. The van der Waals surface area contributed by atoms with Gasteiger partial charge in [-0.3, -0.25) is 4.79 Å². The third kappa shape index (κ3) is 4.24. The molecule has 1 aliphatic heterocycles. The molecule has 24 heavy (non-hydrogen) atoms. The first kappa shape index (κ1) is 16.7. The van der Waals surface area contributed by atoms with Crippen LogP contribution in [0.3, 0.4) is 0 Å². The standard InChI is InChI=1S/C21H25NO2/c23-20(12-11-17-7-3-1-4-8-17)22-15-13-19(14-16-22)21(24)18-9-5-2-6-10-18/h1-10,19,21,24H,11-16H2/t21-/m1/s1. The zero-order valence-corrected chi connectivity index (χ0v) is 14.0. The maximum atomic E-state index is 12.4. The molecule has 1 fully saturated rings. The number of hydrogen-bond acceptors (Lipinski definition) is 2. The molecule has 3 heteroatoms. The van der Waals surface area contributed by atoms with Crippen molar-refractivity contribution in [2.75, 3.05) is 13.1 Å². The van der Waals surface area contributed by atoms with Crippen LogP contribution in [-0.4, -0.2) is 29.0 Å². The van der Waals surface area contributed by atoms with Crippen LogP contribution in [0.5, 0.6) is 0 Å². The molecule has 0 spiro atoms. The monoisotopic (exact) mass is 323 g/mol. The van der Waals surface area contributed by atoms with E-state index >= 15 is 0 Å². The van der Waals surface area contributed by atoms with E-state index in [1.54, 1.807) is 0 Å². The topological polar surface area (TPSA) is 40.5 Å². The molecule has 1 saturated heterocycles. The van der Waals surface area contributed by atoms with Crippen molar-refractivity contribution in [1.82, 2.24) is 4.90 Å². The van der Waals surface area contributed by atoms with Crippen molar-refractivity contribution < 1.29 is 9.90 Å². The van der Waals surface area contributed by atoms with Gasteiger partial charge in [-0.05, 0) is 36.3 Å². The lowest BCUT2D eigenvalue weighted by Crippen LogP contribution is -2.39. The summed E-state index contributed by atoms with van der Waals surface area (Å²) in [6.45, 7) is 1.50. The summed E-state index contributed by atoms with van der Waals surface area (Å²) < 4.78 is 0. The summed E-state index contributed by atoms with van der Waals surface area (Å²) in [5.74, 6) is 0.470. The molecule has 2 aromatic rings. The fourth-order valence-electron chi connectivity index (χ4n) is 3.44. The minimum atomic E-state index is -0.423. The fourth-order valence-corrected chi connectivity index (χ4v) is 3.44. The molecule has 0 radical (unpaired) electrons. The molecule has 1 heterocycles. The maximum absolute atomic E-state index is 12.4. The van der Waals surface area contributed by atoms with Gasteiger partial charge in [0.1, 0.15) is 0 Å². The number of nitrogens with zero attached hydrogens (tertiary/aromatic N) is 1. The van der Waals surface area contributed by atoms with E-state index < -0.39 is 6.10 Å². The summed E-state index contributed by atoms with van der Waals surface area (Å²) >= 11 is 0. The average molecular weight is 323 g/mol. The highest BCUT2D eigenvalue weighted by Crippen LogP contribution is 2.30. The smallest absolute Gasteiger partial charge is 0.222 e. The highest BCUT2D eigenvalue weighted by Gasteiger charge is 2.27. The number of aryl methyl sites for hydroxylation is 1. The van der Waals surface area contributed by atoms with Crippen molar-refractivity contribution in [2.45, 2.75) is 31.8 Å². The van der Waals surface area contributed by atoms with Crippen LogP contribution in [-0.2, 0) is 11.2 Å². The Kier molecular flexibility index (Phi) is 5.65. The quantitative estimate of drug-likeness (QED) is 0.913. The molecule has 3 rings (SSSR count). The Hall–Kier alpha value is -2.13. The second-order valence-electron chi connectivity index (χ2n) is 6.56. The number of benzene rings is 2. The Labute approximate surface area is 143 Å². The molecule has 1 aliphatic rings. The summed E-state index contributed by atoms with van der Waals surface area (Å²) in [5.41, 5.74) is 2.19. The highest BCUT2D eigenvalue weighted by atomic mass is 16.3. The number of aliphatic hydroxyl groups excluding tert-OH is 1. The first-order valence-electron chi connectivity index (χ1n) is 8.79. The van der Waals surface area contributed by atoms with E-state index in [-0.39, 0.29) is 11.8 Å². The van der Waals surface area contributed by atoms with Gasteiger partial charge in [0.15, 0.2) is 0 Å². The highest BCUT2D eigenvalue weighted by molar-refractivity contribution is 5.76. The number of piperidine rings is 1. The lowest BCUT2D eigenvalue weighted by atomic mass is 9.87. The number of likely N-dealkylation sites (tertiary alicyclic amines) is 1. The zero-order valence-electron chi connectivity index (χ0n) is 14.0. The number of hydrogen-bond donors (Lipinski definition) is 1. The van der Waals surface area contributed by atoms with Crippen molar-refractivity contribution in [1.29, 1.82) is 0 Å². The third-order valence-electron chi connectivity index (χ3n) is 4.95. The van der Waals surface area contributed by atoms with Crippen LogP contribution in [0, 0.1) is 5.92 Å². The normalized spacial score (nSPS) is 16.8. The predicted octanol–water partition coefficient (Wildman–Crippen LogP) is 3.59. The summed E-state index contributed by atoms with van der Waals surface area (Å²) in [6.07, 6.45) is 2.68. The van der Waals surface area contributed by atoms with Crippen molar-refractivity contribution in [3.05, 3.63) is 71.8 Å². The van der Waals surface area contributed by atoms with E-state index in [1.807, 2.05) is 53.4 Å². The molecule has 1 atom stereocenters. The zero-order chi connectivity index (χ0) is 16.8. The van der Waals surface area contributed by atoms with Gasteiger partial charge in [0.05, 0.1) is 6.10 Å². The van der Waals surface area contributed by atoms with E-state index in [0.717, 1.165) is 37.9 Å². The van der Waals surface area contributed by atoms with Crippen LogP contribution in [0.25, 0.3) is 0 Å². The summed E-state index contributed by atoms with van der Waals surface area (Å²) in [4.78, 5) is 14.3. The first-order chi connectivity index (χ1) is 11.7. The number of amides is 1. The van der Waals surface area contributed by atoms with Gasteiger partial charge in [0.2, 0.25) is 5.91 Å². The van der Waals surface area contributed by atoms with Crippen molar-refractivity contribution in [3.63, 3.8) is 0 Å². The van der Waals surface area contributed by atoms with Crippen LogP contribution in [0.1, 0.15) is 36.5 Å². The van der Waals surface area contributed by atoms with E-state index in [9.17, 15) is 9.90 Å². The minimum absolute atomic E-state index is 0.228. The van der Waals surface area contributed by atoms with Crippen LogP contribution in [0.2, 0.25) is 0 Å². The summed E-state index contributed by atoms with van der Waals surface area (Å²) in [6, 6.07) is 20.0. The van der Waals surface area contributed by atoms with Crippen LogP contribution in [0.15, 0.2) is 60.7 Å². The average Bonchev–Trinajstić information content (AvgIpc) is 2.67. The van der Waals surface area contributed by atoms with Gasteiger partial charge in [0.25, 0.3) is 0 Å². The number of rotatable bonds is 5. The van der Waals surface area contributed by atoms with Gasteiger partial charge in [-0.1, -0.05) is 60.7 Å². The lowest BCUT2D eigenvalue weighted by Gasteiger charge is -2.34. The summed E-state index contributed by atoms with van der Waals surface area (Å²) in [7, 11) is 0. The van der Waals surface area contributed by atoms with E-state index in [0.29, 0.717) is 6.42 Å². The van der Waals surface area contributed by atoms with Crippen LogP contribution >= 0.6 is 0 Å². The molecule has 0 saturated carbocycles. The van der Waals surface area contributed by atoms with Crippen molar-refractivity contribution in [3.8, 4) is 0 Å². The van der Waals surface area contributed by atoms with Gasteiger partial charge in [-0.2, -0.15) is 0 Å². The van der Waals surface area contributed by atoms with Crippen LogP contribution in [0.4, 0.5) is 0 Å². The van der Waals surface area contributed by atoms with Crippen molar-refractivity contribution >= 4 is 5.91 Å². The Balaban J connectivity index is 1.47. The molecule has 3 nitrogen and oxygen atoms in total. The van der Waals surface area contributed by atoms with E-state index in [4.69, 9.17) is 0 Å². The van der Waals surface area contributed by atoms with Gasteiger partial charge >= 0.3 is 0 Å². The number of carbonyl (C=O) groups excluding carboxylic acids is 1. The molecule has 0 aliphatic carbocycles. The second-order valence-corrected chi connectivity index (χ2v) is 6.56. The molecular weight excluding hydrogens is 298 g/mol. The SMILES string of the molecule is O=C(CCc1ccccc1)N1CCC([C@H](O)c2ccccc2)CC1. The minimum Gasteiger partial charge on any atom is -0.388 e. The fraction of sp³-hybridized carbons (Fsp3) is 0.381. The van der Waals surface area contributed by atoms with Crippen LogP contribution < -0.4 is 0 Å². The molecule has 0 bridgehead atoms. The van der Waals surface area contributed by atoms with Gasteiger partial charge in [-0.25, -0.2) is 0 Å². The first-order valence-corrected chi connectivity index (χ1v) is 8.79. The van der Waals surface area contributed by atoms with Gasteiger partial charge < -0.3 is 10.0 Å². The van der Waals surface area contributed by atoms with Gasteiger partial charge in [-0.15, -0.1) is 0 Å². The maximum Gasteiger partial charge on any atom is 0.222 e. The molecular formula is C21H25NO2. The van der Waals surface area contributed by atoms with E-state index in [1.165, 1.54) is 5.56 Å². The molecule has 1 amide bonds. The Morgan fingerprint density at radius 1 is 1.00 bits per heavy atom. The van der Waals surface area contributed by atoms with Crippen molar-refractivity contribution in [2.24, 2.45) is 5.92 Å². The number of carbonyl (C=O) groups is 1. The molecule has 0 unspecified atom stereocenters. The third-order valence-corrected chi connectivity index (χ3v) is 4.95. The molecule has 2 aromatic carbocycles. The lowest BCUT2D eigenvalue weighted by molar-refractivity contribution is -0.133. The van der Waals surface area contributed by atoms with Gasteiger partial charge in [0, 0.05) is 19.5 Å². The number of aliphatic hydroxyl groups is 1. The Morgan fingerprint density at radius 3 is 2.21 bits per heavy atom. The summed E-state index contributed by atoms with van der Waals surface area (Å²) in [5, 5.41) is 10.5. The molecule has 0 aromatic heterocycles. The Morgan fingerprint density at radius 2 is 1.58 bits per heavy atom. The molecule has 126 valence electrons. The second kappa shape index (κ2) is 8.11. The van der Waals surface area contributed by atoms with E-state index in [2.05, 4.69) is 12.1 Å². The predicted molar refractivity (Wildman–Crippen MR) is 95.5 cm³/mol. The largest absolute Gasteiger partial charge is 0.388 e.